The molecule has 0 spiro atoms. The van der Waals surface area contributed by atoms with E-state index in [0.717, 1.165) is 41.9 Å². The lowest BCUT2D eigenvalue weighted by Gasteiger charge is -2.40. The summed E-state index contributed by atoms with van der Waals surface area (Å²) < 4.78 is 33.2. The van der Waals surface area contributed by atoms with Gasteiger partial charge in [-0.05, 0) is 70.8 Å². The lowest BCUT2D eigenvalue weighted by Crippen LogP contribution is -2.38. The van der Waals surface area contributed by atoms with Crippen molar-refractivity contribution >= 4 is 22.6 Å². The number of ether oxygens (including phenoxy) is 5. The van der Waals surface area contributed by atoms with Crippen LogP contribution in [-0.2, 0) is 20.8 Å². The van der Waals surface area contributed by atoms with Crippen LogP contribution in [0.3, 0.4) is 0 Å². The van der Waals surface area contributed by atoms with Crippen molar-refractivity contribution in [3.8, 4) is 21.3 Å². The first kappa shape index (κ1) is 30.4. The van der Waals surface area contributed by atoms with E-state index in [1.165, 1.54) is 0 Å². The number of allylic oxidation sites excluding steroid dienone is 1. The number of hydrogen-bond acceptors (Lipinski definition) is 6. The Balaban J connectivity index is 1.28. The summed E-state index contributed by atoms with van der Waals surface area (Å²) in [5.41, 5.74) is 2.12. The Morgan fingerprint density at radius 3 is 2.27 bits per heavy atom. The summed E-state index contributed by atoms with van der Waals surface area (Å²) in [6.45, 7) is 3.00. The molecule has 5 rings (SSSR count). The summed E-state index contributed by atoms with van der Waals surface area (Å²) in [6, 6.07) is 16.0. The van der Waals surface area contributed by atoms with Gasteiger partial charge < -0.3 is 28.8 Å². The van der Waals surface area contributed by atoms with Gasteiger partial charge in [0.15, 0.2) is 6.29 Å². The molecule has 2 aliphatic carbocycles. The maximum atomic E-state index is 9.67. The van der Waals surface area contributed by atoms with Crippen molar-refractivity contribution in [3.63, 3.8) is 0 Å². The molecule has 7 heteroatoms. The number of aliphatic hydroxyl groups excluding tert-OH is 1. The number of aliphatic hydroxyl groups is 1. The molecule has 1 saturated heterocycles. The molecule has 6 nitrogen and oxygen atoms in total. The Bertz CT molecular complexity index is 1200. The predicted molar refractivity (Wildman–Crippen MR) is 167 cm³/mol. The van der Waals surface area contributed by atoms with Crippen LogP contribution >= 0.6 is 22.6 Å². The van der Waals surface area contributed by atoms with E-state index < -0.39 is 6.29 Å². The number of hydrogen-bond donors (Lipinski definition) is 1. The van der Waals surface area contributed by atoms with E-state index in [-0.39, 0.29) is 30.8 Å². The maximum absolute atomic E-state index is 9.67. The van der Waals surface area contributed by atoms with Gasteiger partial charge in [-0.2, -0.15) is 0 Å². The molecule has 0 unspecified atom stereocenters. The summed E-state index contributed by atoms with van der Waals surface area (Å²) in [5.74, 6) is 7.05. The van der Waals surface area contributed by atoms with Gasteiger partial charge in [-0.1, -0.05) is 49.3 Å². The van der Waals surface area contributed by atoms with Crippen LogP contribution in [0.4, 0.5) is 0 Å². The van der Waals surface area contributed by atoms with Gasteiger partial charge in [0.25, 0.3) is 0 Å². The fourth-order valence-electron chi connectivity index (χ4n) is 6.87. The molecule has 0 amide bonds. The number of rotatable bonds is 10. The molecular weight excluding hydrogens is 631 g/mol. The molecule has 1 N–H and O–H groups in total. The van der Waals surface area contributed by atoms with Gasteiger partial charge in [-0.3, -0.25) is 0 Å². The Morgan fingerprint density at radius 2 is 1.61 bits per heavy atom. The highest BCUT2D eigenvalue weighted by molar-refractivity contribution is 14.1. The third-order valence-corrected chi connectivity index (χ3v) is 9.25. The quantitative estimate of drug-likeness (QED) is 0.172. The molecule has 0 radical (unpaired) electrons. The van der Waals surface area contributed by atoms with Gasteiger partial charge >= 0.3 is 0 Å². The molecule has 1 aliphatic heterocycles. The second-order valence-electron chi connectivity index (χ2n) is 11.5. The zero-order valence-corrected chi connectivity index (χ0v) is 26.2. The van der Waals surface area contributed by atoms with Gasteiger partial charge in [0.05, 0.1) is 39.1 Å². The van der Waals surface area contributed by atoms with Crippen LogP contribution in [0.2, 0.25) is 0 Å². The molecule has 9 atom stereocenters. The van der Waals surface area contributed by atoms with Gasteiger partial charge in [0, 0.05) is 53.0 Å². The largest absolute Gasteiger partial charge is 0.497 e. The first-order valence-electron chi connectivity index (χ1n) is 14.6. The van der Waals surface area contributed by atoms with Crippen molar-refractivity contribution in [2.75, 3.05) is 20.8 Å². The fourth-order valence-corrected chi connectivity index (χ4v) is 7.23. The second kappa shape index (κ2) is 14.4. The van der Waals surface area contributed by atoms with Crippen molar-refractivity contribution in [1.82, 2.24) is 0 Å². The summed E-state index contributed by atoms with van der Waals surface area (Å²) in [5, 5.41) is 9.67. The third kappa shape index (κ3) is 7.29. The van der Waals surface area contributed by atoms with E-state index in [0.29, 0.717) is 36.7 Å². The Hall–Kier alpha value is -2.09. The molecule has 220 valence electrons. The maximum Gasteiger partial charge on any atom is 0.184 e. The Morgan fingerprint density at radius 1 is 0.927 bits per heavy atom. The molecule has 2 fully saturated rings. The van der Waals surface area contributed by atoms with E-state index in [2.05, 4.69) is 63.6 Å². The number of fused-ring (bicyclic) bond motifs is 1. The predicted octanol–water partition coefficient (Wildman–Crippen LogP) is 6.70. The molecule has 41 heavy (non-hydrogen) atoms. The molecule has 0 aromatic heterocycles. The highest BCUT2D eigenvalue weighted by Crippen LogP contribution is 2.50. The van der Waals surface area contributed by atoms with E-state index >= 15 is 0 Å². The van der Waals surface area contributed by atoms with E-state index in [4.69, 9.17) is 23.7 Å². The van der Waals surface area contributed by atoms with Crippen LogP contribution in [0.5, 0.6) is 11.5 Å². The van der Waals surface area contributed by atoms with Crippen molar-refractivity contribution < 1.29 is 28.8 Å². The van der Waals surface area contributed by atoms with Crippen LogP contribution in [-0.4, -0.2) is 44.2 Å². The van der Waals surface area contributed by atoms with E-state index in [1.807, 2.05) is 36.4 Å². The van der Waals surface area contributed by atoms with Gasteiger partial charge in [-0.15, -0.1) is 0 Å². The van der Waals surface area contributed by atoms with Gasteiger partial charge in [0.1, 0.15) is 11.5 Å². The Kier molecular flexibility index (Phi) is 10.7. The molecule has 2 aromatic carbocycles. The lowest BCUT2D eigenvalue weighted by atomic mass is 9.70. The van der Waals surface area contributed by atoms with Crippen molar-refractivity contribution in [3.05, 3.63) is 71.8 Å². The van der Waals surface area contributed by atoms with Crippen molar-refractivity contribution in [2.45, 2.75) is 63.8 Å². The number of methoxy groups -OCH3 is 2. The minimum absolute atomic E-state index is 0.0121. The number of benzene rings is 2. The van der Waals surface area contributed by atoms with E-state index in [1.54, 1.807) is 14.2 Å². The first-order chi connectivity index (χ1) is 20.0. The van der Waals surface area contributed by atoms with Crippen LogP contribution in [0.1, 0.15) is 50.0 Å². The van der Waals surface area contributed by atoms with Crippen molar-refractivity contribution in [2.24, 2.45) is 29.6 Å². The smallest absolute Gasteiger partial charge is 0.184 e. The number of halogens is 1. The summed E-state index contributed by atoms with van der Waals surface area (Å²) in [4.78, 5) is 0. The van der Waals surface area contributed by atoms with Crippen LogP contribution in [0.15, 0.2) is 60.7 Å². The average Bonchev–Trinajstić information content (AvgIpc) is 3.32. The van der Waals surface area contributed by atoms with Crippen LogP contribution in [0.25, 0.3) is 0 Å². The average molecular weight is 673 g/mol. The van der Waals surface area contributed by atoms with Gasteiger partial charge in [0.2, 0.25) is 0 Å². The summed E-state index contributed by atoms with van der Waals surface area (Å²) in [7, 11) is 3.35. The summed E-state index contributed by atoms with van der Waals surface area (Å²) in [6.07, 6.45) is 7.77. The standard InChI is InChI=1S/C34H41IO6/c1-22-18-32-30(14-16-35)25(8-13-31(32)33(22)39-21-23-4-9-26(37-2)10-5-23)19-29-20-28(15-17-36)40-34(41-29)24-6-11-27(38-3)12-7-24/h4-13,22,25,28-34,36H,15,17-21H2,1-3H3/t22-,25+,28-,29+,30-,31-,32+,33-,34-/m1/s1. The molecule has 3 aliphatic rings. The molecule has 2 aromatic rings. The SMILES string of the molecule is COc1ccc(CO[C@H]2[C@@H]3C=C[C@@H](C[C@H]4C[C@@H](CCO)O[C@@H](c5ccc(OC)cc5)O4)[C@@H](C#CI)[C@@H]3C[C@H]2C)cc1. The third-order valence-electron chi connectivity index (χ3n) is 8.94. The molecule has 1 heterocycles. The Labute approximate surface area is 257 Å². The van der Waals surface area contributed by atoms with Crippen LogP contribution in [0, 0.1) is 39.4 Å². The zero-order chi connectivity index (χ0) is 28.8. The zero-order valence-electron chi connectivity index (χ0n) is 24.1. The van der Waals surface area contributed by atoms with E-state index in [9.17, 15) is 5.11 Å². The molecular formula is C34H41IO6. The monoisotopic (exact) mass is 672 g/mol. The second-order valence-corrected chi connectivity index (χ2v) is 12.0. The van der Waals surface area contributed by atoms with Crippen LogP contribution < -0.4 is 9.47 Å². The molecule has 1 saturated carbocycles. The molecule has 0 bridgehead atoms. The van der Waals surface area contributed by atoms with Gasteiger partial charge in [-0.25, -0.2) is 0 Å². The highest BCUT2D eigenvalue weighted by Gasteiger charge is 2.48. The highest BCUT2D eigenvalue weighted by atomic mass is 127. The van der Waals surface area contributed by atoms with Crippen molar-refractivity contribution in [1.29, 1.82) is 0 Å². The topological polar surface area (TPSA) is 66.4 Å². The fraction of sp³-hybridized carbons (Fsp3) is 0.529. The minimum atomic E-state index is -0.465. The first-order valence-corrected chi connectivity index (χ1v) is 15.7. The minimum Gasteiger partial charge on any atom is -0.497 e. The lowest BCUT2D eigenvalue weighted by molar-refractivity contribution is -0.252. The summed E-state index contributed by atoms with van der Waals surface area (Å²) >= 11 is 2.18. The normalized spacial score (nSPS) is 32.6.